The Kier molecular flexibility index (Phi) is 8.55. The summed E-state index contributed by atoms with van der Waals surface area (Å²) in [6.07, 6.45) is 6.61. The van der Waals surface area contributed by atoms with Crippen LogP contribution in [0.25, 0.3) is 0 Å². The average Bonchev–Trinajstić information content (AvgIpc) is 3.45. The molecular formula is C24H39N5O. The summed E-state index contributed by atoms with van der Waals surface area (Å²) in [5.41, 5.74) is 1.34. The number of rotatable bonds is 8. The van der Waals surface area contributed by atoms with E-state index in [4.69, 9.17) is 0 Å². The summed E-state index contributed by atoms with van der Waals surface area (Å²) in [4.78, 5) is 21.5. The smallest absolute Gasteiger partial charge is 0.225 e. The van der Waals surface area contributed by atoms with Crippen molar-refractivity contribution in [2.45, 2.75) is 64.1 Å². The van der Waals surface area contributed by atoms with Crippen LogP contribution in [0.4, 0.5) is 0 Å². The summed E-state index contributed by atoms with van der Waals surface area (Å²) >= 11 is 0. The van der Waals surface area contributed by atoms with E-state index in [0.29, 0.717) is 18.0 Å². The number of hydrogen-bond acceptors (Lipinski definition) is 3. The molecule has 2 unspecified atom stereocenters. The number of likely N-dealkylation sites (tertiary alicyclic amines) is 1. The van der Waals surface area contributed by atoms with Gasteiger partial charge in [-0.05, 0) is 45.2 Å². The van der Waals surface area contributed by atoms with E-state index in [9.17, 15) is 4.79 Å². The summed E-state index contributed by atoms with van der Waals surface area (Å²) < 4.78 is 0. The number of nitrogens with zero attached hydrogens (tertiary/aromatic N) is 3. The second-order valence-corrected chi connectivity index (χ2v) is 8.93. The minimum Gasteiger partial charge on any atom is -0.356 e. The molecule has 0 bridgehead atoms. The average molecular weight is 414 g/mol. The zero-order valence-corrected chi connectivity index (χ0v) is 18.9. The molecule has 1 saturated carbocycles. The third-order valence-electron chi connectivity index (χ3n) is 6.65. The molecule has 2 aliphatic rings. The molecule has 0 spiro atoms. The van der Waals surface area contributed by atoms with E-state index in [1.165, 1.54) is 18.4 Å². The number of nitrogens with one attached hydrogen (secondary N) is 2. The molecular weight excluding hydrogens is 374 g/mol. The van der Waals surface area contributed by atoms with Crippen LogP contribution in [-0.2, 0) is 11.3 Å². The molecule has 30 heavy (non-hydrogen) atoms. The Labute approximate surface area is 182 Å². The Balaban J connectivity index is 1.36. The molecule has 2 atom stereocenters. The van der Waals surface area contributed by atoms with Gasteiger partial charge in [-0.2, -0.15) is 0 Å². The van der Waals surface area contributed by atoms with Gasteiger partial charge < -0.3 is 15.5 Å². The third kappa shape index (κ3) is 6.46. The molecule has 3 rings (SSSR count). The van der Waals surface area contributed by atoms with E-state index in [0.717, 1.165) is 57.8 Å². The largest absolute Gasteiger partial charge is 0.356 e. The van der Waals surface area contributed by atoms with Crippen molar-refractivity contribution in [2.24, 2.45) is 10.9 Å². The molecule has 1 aliphatic heterocycles. The van der Waals surface area contributed by atoms with Crippen molar-refractivity contribution in [3.8, 4) is 0 Å². The SMILES string of the molecule is CN=C(NCCC(C)N(C)Cc1ccccc1)NC1CCN(C(=O)C2CCCC2)C1. The molecule has 6 nitrogen and oxygen atoms in total. The zero-order valence-electron chi connectivity index (χ0n) is 18.9. The van der Waals surface area contributed by atoms with Crippen LogP contribution < -0.4 is 10.6 Å². The molecule has 1 aromatic carbocycles. The Bertz CT molecular complexity index is 686. The number of carbonyl (C=O) groups is 1. The normalized spacial score (nSPS) is 21.3. The molecule has 0 radical (unpaired) electrons. The number of aliphatic imine (C=N–C) groups is 1. The van der Waals surface area contributed by atoms with Crippen LogP contribution in [0.5, 0.6) is 0 Å². The van der Waals surface area contributed by atoms with Crippen molar-refractivity contribution in [1.82, 2.24) is 20.4 Å². The summed E-state index contributed by atoms with van der Waals surface area (Å²) in [6, 6.07) is 11.4. The fourth-order valence-corrected chi connectivity index (χ4v) is 4.54. The van der Waals surface area contributed by atoms with Gasteiger partial charge in [0, 0.05) is 51.2 Å². The van der Waals surface area contributed by atoms with E-state index in [1.807, 2.05) is 7.05 Å². The van der Waals surface area contributed by atoms with Crippen LogP contribution >= 0.6 is 0 Å². The first-order chi connectivity index (χ1) is 14.6. The molecule has 2 N–H and O–H groups in total. The van der Waals surface area contributed by atoms with E-state index in [2.05, 4.69) is 69.7 Å². The fourth-order valence-electron chi connectivity index (χ4n) is 4.54. The van der Waals surface area contributed by atoms with Gasteiger partial charge in [-0.3, -0.25) is 14.7 Å². The number of amides is 1. The van der Waals surface area contributed by atoms with Crippen molar-refractivity contribution in [3.63, 3.8) is 0 Å². The Morgan fingerprint density at radius 2 is 1.97 bits per heavy atom. The molecule has 1 saturated heterocycles. The summed E-state index contributed by atoms with van der Waals surface area (Å²) in [7, 11) is 4.00. The van der Waals surface area contributed by atoms with Gasteiger partial charge in [-0.25, -0.2) is 0 Å². The topological polar surface area (TPSA) is 60.0 Å². The highest BCUT2D eigenvalue weighted by Gasteiger charge is 2.32. The van der Waals surface area contributed by atoms with Crippen LogP contribution in [0.1, 0.15) is 51.0 Å². The first-order valence-electron chi connectivity index (χ1n) is 11.6. The zero-order chi connectivity index (χ0) is 21.3. The first-order valence-corrected chi connectivity index (χ1v) is 11.6. The lowest BCUT2D eigenvalue weighted by Gasteiger charge is -2.25. The number of guanidine groups is 1. The highest BCUT2D eigenvalue weighted by molar-refractivity contribution is 5.81. The number of benzene rings is 1. The monoisotopic (exact) mass is 413 g/mol. The van der Waals surface area contributed by atoms with Crippen molar-refractivity contribution in [1.29, 1.82) is 0 Å². The van der Waals surface area contributed by atoms with E-state index < -0.39 is 0 Å². The summed E-state index contributed by atoms with van der Waals surface area (Å²) in [6.45, 7) is 5.77. The van der Waals surface area contributed by atoms with E-state index in [1.54, 1.807) is 0 Å². The lowest BCUT2D eigenvalue weighted by atomic mass is 10.1. The lowest BCUT2D eigenvalue weighted by Crippen LogP contribution is -2.46. The summed E-state index contributed by atoms with van der Waals surface area (Å²) in [5, 5.41) is 6.97. The molecule has 0 aromatic heterocycles. The number of carbonyl (C=O) groups excluding carboxylic acids is 1. The molecule has 6 heteroatoms. The second-order valence-electron chi connectivity index (χ2n) is 8.93. The van der Waals surface area contributed by atoms with Gasteiger partial charge in [-0.15, -0.1) is 0 Å². The maximum Gasteiger partial charge on any atom is 0.225 e. The minimum absolute atomic E-state index is 0.274. The van der Waals surface area contributed by atoms with Crippen LogP contribution in [-0.4, -0.2) is 67.5 Å². The van der Waals surface area contributed by atoms with Crippen molar-refractivity contribution in [2.75, 3.05) is 33.7 Å². The first kappa shape index (κ1) is 22.6. The summed E-state index contributed by atoms with van der Waals surface area (Å²) in [5.74, 6) is 1.48. The molecule has 2 fully saturated rings. The molecule has 1 heterocycles. The second kappa shape index (κ2) is 11.3. The van der Waals surface area contributed by atoms with Gasteiger partial charge in [0.2, 0.25) is 5.91 Å². The fraction of sp³-hybridized carbons (Fsp3) is 0.667. The number of hydrogen-bond donors (Lipinski definition) is 2. The predicted octanol–water partition coefficient (Wildman–Crippen LogP) is 2.85. The Morgan fingerprint density at radius 3 is 2.67 bits per heavy atom. The highest BCUT2D eigenvalue weighted by atomic mass is 16.2. The highest BCUT2D eigenvalue weighted by Crippen LogP contribution is 2.27. The van der Waals surface area contributed by atoms with Gasteiger partial charge in [0.1, 0.15) is 0 Å². The van der Waals surface area contributed by atoms with Crippen molar-refractivity contribution < 1.29 is 4.79 Å². The Hall–Kier alpha value is -2.08. The lowest BCUT2D eigenvalue weighted by molar-refractivity contribution is -0.134. The standard InChI is InChI=1S/C24H39N5O/c1-19(28(3)17-20-9-5-4-6-10-20)13-15-26-24(25-2)27-22-14-16-29(18-22)23(30)21-11-7-8-12-21/h4-6,9-10,19,21-22H,7-8,11-18H2,1-3H3,(H2,25,26,27). The molecule has 166 valence electrons. The third-order valence-corrected chi connectivity index (χ3v) is 6.65. The van der Waals surface area contributed by atoms with Crippen LogP contribution in [0.15, 0.2) is 35.3 Å². The van der Waals surface area contributed by atoms with Crippen LogP contribution in [0.3, 0.4) is 0 Å². The van der Waals surface area contributed by atoms with Crippen molar-refractivity contribution >= 4 is 11.9 Å². The van der Waals surface area contributed by atoms with Gasteiger partial charge in [0.05, 0.1) is 0 Å². The maximum absolute atomic E-state index is 12.6. The van der Waals surface area contributed by atoms with Crippen LogP contribution in [0.2, 0.25) is 0 Å². The maximum atomic E-state index is 12.6. The van der Waals surface area contributed by atoms with Crippen LogP contribution in [0, 0.1) is 5.92 Å². The minimum atomic E-state index is 0.274. The molecule has 1 aliphatic carbocycles. The van der Waals surface area contributed by atoms with Gasteiger partial charge in [-0.1, -0.05) is 43.2 Å². The van der Waals surface area contributed by atoms with E-state index >= 15 is 0 Å². The Morgan fingerprint density at radius 1 is 1.23 bits per heavy atom. The molecule has 1 aromatic rings. The predicted molar refractivity (Wildman–Crippen MR) is 123 cm³/mol. The van der Waals surface area contributed by atoms with Crippen molar-refractivity contribution in [3.05, 3.63) is 35.9 Å². The molecule has 1 amide bonds. The quantitative estimate of drug-likeness (QED) is 0.508. The van der Waals surface area contributed by atoms with Gasteiger partial charge >= 0.3 is 0 Å². The van der Waals surface area contributed by atoms with E-state index in [-0.39, 0.29) is 5.92 Å². The van der Waals surface area contributed by atoms with Gasteiger partial charge in [0.15, 0.2) is 5.96 Å². The van der Waals surface area contributed by atoms with Gasteiger partial charge in [0.25, 0.3) is 0 Å².